The summed E-state index contributed by atoms with van der Waals surface area (Å²) in [5.74, 6) is -0.858. The molecule has 6 heteroatoms. The summed E-state index contributed by atoms with van der Waals surface area (Å²) in [4.78, 5) is 37.8. The van der Waals surface area contributed by atoms with Gasteiger partial charge in [-0.15, -0.1) is 0 Å². The molecule has 1 unspecified atom stereocenters. The predicted molar refractivity (Wildman–Crippen MR) is 270 cm³/mol. The average molecular weight is 887 g/mol. The highest BCUT2D eigenvalue weighted by molar-refractivity contribution is 5.71. The van der Waals surface area contributed by atoms with Gasteiger partial charge in [0.25, 0.3) is 0 Å². The molecule has 0 aliphatic carbocycles. The molecule has 0 heterocycles. The molecule has 0 N–H and O–H groups in total. The molecule has 0 aromatic carbocycles. The van der Waals surface area contributed by atoms with E-state index in [9.17, 15) is 14.4 Å². The van der Waals surface area contributed by atoms with Gasteiger partial charge in [0.15, 0.2) is 6.10 Å². The fourth-order valence-electron chi connectivity index (χ4n) is 8.24. The number of unbranched alkanes of at least 4 members (excludes halogenated alkanes) is 36. The smallest absolute Gasteiger partial charge is 0.306 e. The summed E-state index contributed by atoms with van der Waals surface area (Å²) >= 11 is 0. The second kappa shape index (κ2) is 52.5. The molecule has 1 atom stereocenters. The van der Waals surface area contributed by atoms with Crippen molar-refractivity contribution in [3.63, 3.8) is 0 Å². The highest BCUT2D eigenvalue weighted by atomic mass is 16.6. The van der Waals surface area contributed by atoms with Crippen LogP contribution in [-0.2, 0) is 28.6 Å². The van der Waals surface area contributed by atoms with Crippen LogP contribution in [0.5, 0.6) is 0 Å². The van der Waals surface area contributed by atoms with E-state index in [1.807, 2.05) is 0 Å². The van der Waals surface area contributed by atoms with Crippen molar-refractivity contribution in [1.82, 2.24) is 0 Å². The lowest BCUT2D eigenvalue weighted by Crippen LogP contribution is -2.30. The third-order valence-corrected chi connectivity index (χ3v) is 12.5. The highest BCUT2D eigenvalue weighted by Crippen LogP contribution is 2.16. The Morgan fingerprint density at radius 1 is 0.317 bits per heavy atom. The molecule has 0 aromatic rings. The van der Waals surface area contributed by atoms with Crippen LogP contribution in [0.25, 0.3) is 0 Å². The molecule has 0 fully saturated rings. The summed E-state index contributed by atoms with van der Waals surface area (Å²) in [6.07, 6.45) is 60.5. The van der Waals surface area contributed by atoms with Crippen molar-refractivity contribution in [2.45, 2.75) is 309 Å². The fraction of sp³-hybridized carbons (Fsp3) is 0.877. The first kappa shape index (κ1) is 60.9. The van der Waals surface area contributed by atoms with E-state index in [1.165, 1.54) is 199 Å². The Morgan fingerprint density at radius 2 is 0.571 bits per heavy atom. The third-order valence-electron chi connectivity index (χ3n) is 12.5. The zero-order valence-corrected chi connectivity index (χ0v) is 42.4. The van der Waals surface area contributed by atoms with Crippen LogP contribution in [0.1, 0.15) is 303 Å². The van der Waals surface area contributed by atoms with Gasteiger partial charge in [0.2, 0.25) is 0 Å². The Hall–Kier alpha value is -2.11. The second-order valence-electron chi connectivity index (χ2n) is 18.9. The standard InChI is InChI=1S/C57H106O6/c1-4-7-10-13-16-19-21-22-23-24-25-26-27-28-29-30-31-32-33-34-35-36-37-39-41-44-47-50-56(59)62-53-54(52-61-55(58)49-46-43-40-18-15-12-9-6-3)63-57(60)51-48-45-42-38-20-17-14-11-8-5-2/h21-22,24-25,54H,4-20,23,26-53H2,1-3H3/b22-21-,25-24-. The maximum absolute atomic E-state index is 12.7. The van der Waals surface area contributed by atoms with Crippen molar-refractivity contribution in [2.24, 2.45) is 0 Å². The molecule has 0 rings (SSSR count). The molecule has 0 amide bonds. The molecule has 370 valence electrons. The second-order valence-corrected chi connectivity index (χ2v) is 18.9. The summed E-state index contributed by atoms with van der Waals surface area (Å²) in [6.45, 7) is 6.62. The minimum absolute atomic E-state index is 0.0662. The lowest BCUT2D eigenvalue weighted by molar-refractivity contribution is -0.167. The summed E-state index contributed by atoms with van der Waals surface area (Å²) in [6, 6.07) is 0. The number of hydrogen-bond donors (Lipinski definition) is 0. The Kier molecular flexibility index (Phi) is 50.8. The Bertz CT molecular complexity index is 1020. The lowest BCUT2D eigenvalue weighted by atomic mass is 10.0. The number of esters is 3. The van der Waals surface area contributed by atoms with Crippen LogP contribution >= 0.6 is 0 Å². The minimum Gasteiger partial charge on any atom is -0.462 e. The molecule has 0 radical (unpaired) electrons. The minimum atomic E-state index is -0.762. The van der Waals surface area contributed by atoms with Crippen molar-refractivity contribution in [2.75, 3.05) is 13.2 Å². The first-order valence-electron chi connectivity index (χ1n) is 27.8. The van der Waals surface area contributed by atoms with Crippen molar-refractivity contribution < 1.29 is 28.6 Å². The van der Waals surface area contributed by atoms with Gasteiger partial charge in [0.05, 0.1) is 0 Å². The van der Waals surface area contributed by atoms with E-state index in [-0.39, 0.29) is 31.1 Å². The maximum atomic E-state index is 12.7. The largest absolute Gasteiger partial charge is 0.462 e. The van der Waals surface area contributed by atoms with Gasteiger partial charge in [-0.2, -0.15) is 0 Å². The normalized spacial score (nSPS) is 12.1. The van der Waals surface area contributed by atoms with Crippen molar-refractivity contribution in [3.8, 4) is 0 Å². The van der Waals surface area contributed by atoms with Gasteiger partial charge in [0, 0.05) is 19.3 Å². The summed E-state index contributed by atoms with van der Waals surface area (Å²) in [7, 11) is 0. The van der Waals surface area contributed by atoms with Crippen LogP contribution in [0.15, 0.2) is 24.3 Å². The van der Waals surface area contributed by atoms with Gasteiger partial charge >= 0.3 is 17.9 Å². The van der Waals surface area contributed by atoms with Gasteiger partial charge in [-0.05, 0) is 51.4 Å². The zero-order chi connectivity index (χ0) is 45.8. The third kappa shape index (κ3) is 50.7. The molecule has 0 aliphatic rings. The van der Waals surface area contributed by atoms with E-state index in [0.29, 0.717) is 19.3 Å². The van der Waals surface area contributed by atoms with Gasteiger partial charge in [-0.25, -0.2) is 0 Å². The fourth-order valence-corrected chi connectivity index (χ4v) is 8.24. The first-order chi connectivity index (χ1) is 31.0. The van der Waals surface area contributed by atoms with Crippen LogP contribution in [0, 0.1) is 0 Å². The average Bonchev–Trinajstić information content (AvgIpc) is 3.28. The number of carbonyl (C=O) groups excluding carboxylic acids is 3. The van der Waals surface area contributed by atoms with E-state index in [1.54, 1.807) is 0 Å². The summed E-state index contributed by atoms with van der Waals surface area (Å²) < 4.78 is 16.7. The van der Waals surface area contributed by atoms with Crippen molar-refractivity contribution >= 4 is 17.9 Å². The molecule has 63 heavy (non-hydrogen) atoms. The Labute approximate surface area is 392 Å². The Morgan fingerprint density at radius 3 is 0.873 bits per heavy atom. The maximum Gasteiger partial charge on any atom is 0.306 e. The molecule has 0 aliphatic heterocycles. The zero-order valence-electron chi connectivity index (χ0n) is 42.4. The number of hydrogen-bond acceptors (Lipinski definition) is 6. The van der Waals surface area contributed by atoms with Gasteiger partial charge in [-0.1, -0.05) is 257 Å². The first-order valence-corrected chi connectivity index (χ1v) is 27.8. The molecular weight excluding hydrogens is 781 g/mol. The topological polar surface area (TPSA) is 78.9 Å². The van der Waals surface area contributed by atoms with Crippen LogP contribution in [0.4, 0.5) is 0 Å². The molecule has 0 aromatic heterocycles. The Balaban J connectivity index is 4.02. The van der Waals surface area contributed by atoms with E-state index in [4.69, 9.17) is 14.2 Å². The van der Waals surface area contributed by atoms with Crippen LogP contribution in [0.3, 0.4) is 0 Å². The number of ether oxygens (including phenoxy) is 3. The molecular formula is C57H106O6. The lowest BCUT2D eigenvalue weighted by Gasteiger charge is -2.18. The predicted octanol–water partition coefficient (Wildman–Crippen LogP) is 18.3. The van der Waals surface area contributed by atoms with Crippen LogP contribution in [-0.4, -0.2) is 37.2 Å². The SMILES string of the molecule is CCCCCCC/C=C\C/C=C\CCCCCCCCCCCCCCCCCC(=O)OCC(COC(=O)CCCCCCCCCC)OC(=O)CCCCCCCCCCCC. The van der Waals surface area contributed by atoms with Crippen molar-refractivity contribution in [1.29, 1.82) is 0 Å². The molecule has 0 saturated heterocycles. The van der Waals surface area contributed by atoms with E-state index < -0.39 is 6.10 Å². The van der Waals surface area contributed by atoms with E-state index in [0.717, 1.165) is 64.2 Å². The number of rotatable bonds is 51. The van der Waals surface area contributed by atoms with E-state index in [2.05, 4.69) is 45.1 Å². The number of carbonyl (C=O) groups is 3. The quantitative estimate of drug-likeness (QED) is 0.0262. The van der Waals surface area contributed by atoms with E-state index >= 15 is 0 Å². The van der Waals surface area contributed by atoms with Crippen LogP contribution < -0.4 is 0 Å². The van der Waals surface area contributed by atoms with Gasteiger partial charge in [-0.3, -0.25) is 14.4 Å². The molecule has 0 bridgehead atoms. The van der Waals surface area contributed by atoms with Gasteiger partial charge < -0.3 is 14.2 Å². The monoisotopic (exact) mass is 887 g/mol. The van der Waals surface area contributed by atoms with Crippen molar-refractivity contribution in [3.05, 3.63) is 24.3 Å². The molecule has 6 nitrogen and oxygen atoms in total. The number of allylic oxidation sites excluding steroid dienone is 4. The highest BCUT2D eigenvalue weighted by Gasteiger charge is 2.19. The van der Waals surface area contributed by atoms with Gasteiger partial charge in [0.1, 0.15) is 13.2 Å². The van der Waals surface area contributed by atoms with Crippen LogP contribution in [0.2, 0.25) is 0 Å². The summed E-state index contributed by atoms with van der Waals surface area (Å²) in [5, 5.41) is 0. The summed E-state index contributed by atoms with van der Waals surface area (Å²) in [5.41, 5.74) is 0. The molecule has 0 spiro atoms. The molecule has 0 saturated carbocycles.